The van der Waals surface area contributed by atoms with Gasteiger partial charge in [-0.1, -0.05) is 92.6 Å². The van der Waals surface area contributed by atoms with Gasteiger partial charge in [-0.3, -0.25) is 67.1 Å². The van der Waals surface area contributed by atoms with E-state index in [0.717, 1.165) is 69.8 Å². The van der Waals surface area contributed by atoms with Gasteiger partial charge in [-0.15, -0.1) is 0 Å². The van der Waals surface area contributed by atoms with Crippen LogP contribution in [0.25, 0.3) is 83.2 Å². The smallest absolute Gasteiger partial charge is 0.281 e. The Morgan fingerprint density at radius 3 is 1.05 bits per heavy atom. The lowest BCUT2D eigenvalue weighted by molar-refractivity contribution is -0.131. The van der Waals surface area contributed by atoms with Crippen LogP contribution in [0.5, 0.6) is 17.2 Å². The minimum Gasteiger partial charge on any atom is -0.507 e. The fourth-order valence-electron chi connectivity index (χ4n) is 22.0. The highest BCUT2D eigenvalue weighted by Gasteiger charge is 2.53. The summed E-state index contributed by atoms with van der Waals surface area (Å²) in [6, 6.07) is 13.9. The summed E-state index contributed by atoms with van der Waals surface area (Å²) in [5.41, 5.74) is -2.87. The van der Waals surface area contributed by atoms with Crippen molar-refractivity contribution in [3.05, 3.63) is 289 Å². The first-order valence-corrected chi connectivity index (χ1v) is 48.7. The number of nitrogens with zero attached hydrogens (tertiary/aromatic N) is 15. The maximum atomic E-state index is 17.4. The molecule has 4 fully saturated rings. The van der Waals surface area contributed by atoms with E-state index in [1.54, 1.807) is 103 Å². The van der Waals surface area contributed by atoms with Crippen LogP contribution in [-0.2, 0) is 23.9 Å². The van der Waals surface area contributed by atoms with Crippen molar-refractivity contribution in [1.29, 1.82) is 0 Å². The predicted octanol–water partition coefficient (Wildman–Crippen LogP) is 18.1. The Balaban J connectivity index is 0.000000151. The number of piperazine rings is 3. The molecule has 4 amide bonds. The standard InChI is InChI=1S/C38H40F3N5O4.C37H36F3N5O5.C36H35F4N5O3/c1-8-29(49)44-18-27-23(7)43(15-13-22(6)47)37-36(45(27)17-21(44)5)24-16-26(40)31(30-25(39)10-9-11-28(30)48)32(41)35(24)46(38(37)50)34-20(4)12-14-42-33(34)19(2)3;1-6-27(47)42-16-25-36(48)44(21-11-13-50-17-21)35-34(43(25)15-20(42)5)22-14-24(39)29(28-23(38)8-7-9-26(28)46)30(40)33(22)45(37(35)49)32-19(4)10-12-41-31(32)18(2)3;1-7-27(47)43-17-25-21(6)42(14-12-37)35-34(44(25)16-20(43)5)22-15-24(39)29(28-23(38)9-8-10-26(28)46)30(40)33(22)45(36(35)48)32-19(4)11-13-41-31(32)18(2)3/h8-12,14,16,19,21-22,27,47-48H,1,7,13,15,17-18H2,2-6H3;6-10,12,14,18,20-21,25,46H,1,11,13,15-17H2,2-5H3;7-11,13,15,18,20,25,46H,1,6,12,14,16-17H2,2-5H3. The first kappa shape index (κ1) is 104. The second kappa shape index (κ2) is 40.4. The van der Waals surface area contributed by atoms with E-state index in [1.165, 1.54) is 49.6 Å². The lowest BCUT2D eigenvalue weighted by Gasteiger charge is -2.52. The number of amides is 4. The molecule has 7 aliphatic heterocycles. The molecule has 12 aromatic rings. The zero-order chi connectivity index (χ0) is 107. The number of carbonyl (C=O) groups is 4. The minimum absolute atomic E-state index is 0.0161. The number of phenols is 3. The maximum Gasteiger partial charge on any atom is 0.281 e. The Kier molecular flexibility index (Phi) is 28.4. The number of rotatable bonds is 18. The first-order chi connectivity index (χ1) is 70.4. The number of aromatic nitrogens is 6. The molecule has 27 nitrogen and oxygen atoms in total. The number of fused-ring (bicyclic) bond motifs is 15. The Bertz CT molecular complexity index is 7730. The summed E-state index contributed by atoms with van der Waals surface area (Å²) < 4.78 is 171. The molecule has 772 valence electrons. The SMILES string of the molecule is C=CC(=O)N1CC2C(=C)N(CCC(C)O)c3c(c4cc(F)c(-c5c(O)cccc5F)c(F)c4n(-c4c(C)ccnc4C(C)C)c3=O)N2CC1C.C=CC(=O)N1CC2C(=C)N(CCF)c3c(c4cc(F)c(-c5c(O)cccc5F)c(F)c4n(-c4c(C)ccnc4C(C)C)c3=O)N2CC1C.C=CC(=O)N1CC2C(=O)N(C3CCOC3)c3c(c4cc(F)c(-c5c(O)cccc5F)c(F)c4n(-c4c(C)ccnc4C(C)C)c3=O)N2CC1C. The van der Waals surface area contributed by atoms with Gasteiger partial charge in [0.15, 0.2) is 17.5 Å². The van der Waals surface area contributed by atoms with E-state index in [9.17, 15) is 44.0 Å². The summed E-state index contributed by atoms with van der Waals surface area (Å²) >= 11 is 0. The molecule has 0 saturated carbocycles. The zero-order valence-electron chi connectivity index (χ0n) is 83.7. The average Bonchev–Trinajstić information content (AvgIpc) is 0.736. The number of ether oxygens (including phenoxy) is 1. The molecule has 4 N–H and O–H groups in total. The van der Waals surface area contributed by atoms with Crippen LogP contribution in [0.15, 0.2) is 186 Å². The Morgan fingerprint density at radius 2 is 0.750 bits per heavy atom. The zero-order valence-corrected chi connectivity index (χ0v) is 83.7. The number of aromatic hydroxyl groups is 3. The van der Waals surface area contributed by atoms with E-state index in [4.69, 9.17) is 4.74 Å². The third kappa shape index (κ3) is 17.2. The van der Waals surface area contributed by atoms with Crippen LogP contribution in [0.1, 0.15) is 134 Å². The summed E-state index contributed by atoms with van der Waals surface area (Å²) in [4.78, 5) is 127. The van der Waals surface area contributed by atoms with E-state index < -0.39 is 181 Å². The summed E-state index contributed by atoms with van der Waals surface area (Å²) in [6.07, 6.45) is 8.17. The molecule has 37 heteroatoms. The molecular weight excluding hydrogens is 1930 g/mol. The second-order valence-corrected chi connectivity index (χ2v) is 39.3. The van der Waals surface area contributed by atoms with Crippen LogP contribution in [0, 0.1) is 73.1 Å². The molecule has 7 aliphatic rings. The number of hydrogen-bond donors (Lipinski definition) is 4. The third-order valence-electron chi connectivity index (χ3n) is 29.0. The molecule has 19 rings (SSSR count). The largest absolute Gasteiger partial charge is 0.507 e. The highest BCUT2D eigenvalue weighted by atomic mass is 19.2. The number of halogens is 10. The molecule has 0 bridgehead atoms. The fourth-order valence-corrected chi connectivity index (χ4v) is 22.0. The Hall–Kier alpha value is -15.4. The van der Waals surface area contributed by atoms with E-state index in [-0.39, 0.29) is 185 Å². The van der Waals surface area contributed by atoms with Crippen molar-refractivity contribution >= 4 is 90.5 Å². The highest BCUT2D eigenvalue weighted by molar-refractivity contribution is 6.14. The van der Waals surface area contributed by atoms with Gasteiger partial charge in [-0.2, -0.15) is 0 Å². The number of benzene rings is 6. The summed E-state index contributed by atoms with van der Waals surface area (Å²) in [6.45, 7) is 42.7. The van der Waals surface area contributed by atoms with Crippen LogP contribution in [-0.4, -0.2) is 208 Å². The van der Waals surface area contributed by atoms with E-state index in [0.29, 0.717) is 58.2 Å². The van der Waals surface area contributed by atoms with E-state index in [2.05, 4.69) is 47.8 Å². The molecule has 13 heterocycles. The lowest BCUT2D eigenvalue weighted by atomic mass is 9.93. The molecule has 148 heavy (non-hydrogen) atoms. The highest BCUT2D eigenvalue weighted by Crippen LogP contribution is 2.54. The number of aliphatic hydroxyl groups is 1. The molecule has 6 aromatic heterocycles. The average molecular weight is 2040 g/mol. The third-order valence-corrected chi connectivity index (χ3v) is 29.0. The van der Waals surface area contributed by atoms with Crippen molar-refractivity contribution in [1.82, 2.24) is 43.4 Å². The van der Waals surface area contributed by atoms with Crippen molar-refractivity contribution < 1.29 is 88.2 Å². The normalized spacial score (nSPS) is 18.7. The number of pyridine rings is 6. The van der Waals surface area contributed by atoms with Crippen LogP contribution in [0.2, 0.25) is 0 Å². The minimum atomic E-state index is -1.28. The molecule has 8 atom stereocenters. The van der Waals surface area contributed by atoms with Crippen molar-refractivity contribution in [2.24, 2.45) is 0 Å². The first-order valence-electron chi connectivity index (χ1n) is 48.7. The van der Waals surface area contributed by atoms with Gasteiger partial charge in [-0.05, 0) is 187 Å². The van der Waals surface area contributed by atoms with Gasteiger partial charge in [0.1, 0.15) is 81.9 Å². The number of aliphatic hydroxyl groups excluding tert-OH is 1. The second-order valence-electron chi connectivity index (χ2n) is 39.3. The Labute approximate surface area is 845 Å². The number of carbonyl (C=O) groups excluding carboxylic acids is 4. The van der Waals surface area contributed by atoms with Crippen molar-refractivity contribution in [2.45, 2.75) is 169 Å². The lowest BCUT2D eigenvalue weighted by Crippen LogP contribution is -2.68. The molecule has 8 unspecified atom stereocenters. The Morgan fingerprint density at radius 1 is 0.432 bits per heavy atom. The molecule has 0 radical (unpaired) electrons. The van der Waals surface area contributed by atoms with Gasteiger partial charge in [0.25, 0.3) is 22.6 Å². The van der Waals surface area contributed by atoms with Gasteiger partial charge in [0, 0.05) is 110 Å². The topological polar surface area (TPSA) is 292 Å². The van der Waals surface area contributed by atoms with Crippen LogP contribution in [0.3, 0.4) is 0 Å². The van der Waals surface area contributed by atoms with Crippen molar-refractivity contribution in [3.63, 3.8) is 0 Å². The number of phenolic OH excluding ortho intramolecular Hbond substituents is 3. The van der Waals surface area contributed by atoms with Crippen molar-refractivity contribution in [2.75, 3.05) is 102 Å². The van der Waals surface area contributed by atoms with Gasteiger partial charge < -0.3 is 64.4 Å². The molecule has 0 aliphatic carbocycles. The molecule has 6 aromatic carbocycles. The maximum absolute atomic E-state index is 17.4. The molecule has 0 spiro atoms. The number of alkyl halides is 1. The van der Waals surface area contributed by atoms with E-state index >= 15 is 53.9 Å². The summed E-state index contributed by atoms with van der Waals surface area (Å²) in [7, 11) is 0. The predicted molar refractivity (Wildman–Crippen MR) is 549 cm³/mol. The monoisotopic (exact) mass is 2040 g/mol. The molecule has 4 saturated heterocycles. The summed E-state index contributed by atoms with van der Waals surface area (Å²) in [5, 5.41) is 42.2. The fraction of sp³-hybridized carbons (Fsp3) is 0.333. The van der Waals surface area contributed by atoms with E-state index in [1.807, 2.05) is 53.4 Å². The van der Waals surface area contributed by atoms with Crippen LogP contribution < -0.4 is 46.1 Å². The van der Waals surface area contributed by atoms with Crippen LogP contribution in [0.4, 0.5) is 78.0 Å². The van der Waals surface area contributed by atoms with Crippen molar-refractivity contribution in [3.8, 4) is 67.7 Å². The van der Waals surface area contributed by atoms with Gasteiger partial charge in [0.2, 0.25) is 17.7 Å². The number of anilines is 6. The molecular formula is C111H111F10N15O12. The number of aryl methyl sites for hydroxylation is 3. The van der Waals surface area contributed by atoms with Gasteiger partial charge >= 0.3 is 0 Å². The van der Waals surface area contributed by atoms with Gasteiger partial charge in [0.05, 0.1) is 145 Å². The van der Waals surface area contributed by atoms with Gasteiger partial charge in [-0.25, -0.2) is 43.9 Å². The quantitative estimate of drug-likeness (QED) is 0.0458. The van der Waals surface area contributed by atoms with Crippen LogP contribution >= 0.6 is 0 Å². The summed E-state index contributed by atoms with van der Waals surface area (Å²) in [5.74, 6) is -14.8. The number of hydrogen-bond acceptors (Lipinski definition) is 20.